The van der Waals surface area contributed by atoms with Crippen molar-refractivity contribution in [3.8, 4) is 11.5 Å². The molecule has 0 saturated carbocycles. The largest absolute Gasteiger partial charge is 0.497 e. The van der Waals surface area contributed by atoms with Gasteiger partial charge in [0.15, 0.2) is 5.13 Å². The first-order valence-electron chi connectivity index (χ1n) is 12.2. The van der Waals surface area contributed by atoms with E-state index in [9.17, 15) is 9.59 Å². The molecule has 1 unspecified atom stereocenters. The van der Waals surface area contributed by atoms with Gasteiger partial charge in [0.1, 0.15) is 11.5 Å². The molecule has 1 saturated heterocycles. The van der Waals surface area contributed by atoms with Gasteiger partial charge in [0, 0.05) is 36.6 Å². The van der Waals surface area contributed by atoms with Gasteiger partial charge in [-0.1, -0.05) is 12.1 Å². The topological polar surface area (TPSA) is 84.0 Å². The molecule has 8 nitrogen and oxygen atoms in total. The number of fused-ring (bicyclic) bond motifs is 1. The molecule has 2 amide bonds. The normalized spacial score (nSPS) is 17.3. The van der Waals surface area contributed by atoms with Crippen molar-refractivity contribution in [2.24, 2.45) is 0 Å². The van der Waals surface area contributed by atoms with Gasteiger partial charge in [-0.3, -0.25) is 14.9 Å². The van der Waals surface area contributed by atoms with Gasteiger partial charge in [0.05, 0.1) is 31.5 Å². The van der Waals surface area contributed by atoms with Crippen LogP contribution in [0.1, 0.15) is 39.7 Å². The summed E-state index contributed by atoms with van der Waals surface area (Å²) in [7, 11) is 3.27. The highest BCUT2D eigenvalue weighted by Gasteiger charge is 2.34. The van der Waals surface area contributed by atoms with Crippen LogP contribution in [0.3, 0.4) is 0 Å². The van der Waals surface area contributed by atoms with Gasteiger partial charge in [-0.15, -0.1) is 11.3 Å². The summed E-state index contributed by atoms with van der Waals surface area (Å²) in [5.41, 5.74) is 2.42. The first-order chi connectivity index (χ1) is 17.6. The van der Waals surface area contributed by atoms with Crippen molar-refractivity contribution in [3.05, 3.63) is 64.7 Å². The molecule has 1 aliphatic heterocycles. The minimum Gasteiger partial charge on any atom is -0.497 e. The Kier molecular flexibility index (Phi) is 7.09. The molecule has 2 heterocycles. The van der Waals surface area contributed by atoms with Crippen molar-refractivity contribution < 1.29 is 19.1 Å². The molecule has 2 aromatic carbocycles. The number of para-hydroxylation sites is 2. The Balaban J connectivity index is 1.25. The second-order valence-electron chi connectivity index (χ2n) is 8.94. The number of methoxy groups -OCH3 is 2. The van der Waals surface area contributed by atoms with Crippen LogP contribution in [-0.2, 0) is 11.2 Å². The van der Waals surface area contributed by atoms with Gasteiger partial charge in [0.2, 0.25) is 5.91 Å². The number of nitrogens with zero attached hydrogens (tertiary/aromatic N) is 3. The summed E-state index contributed by atoms with van der Waals surface area (Å²) in [6, 6.07) is 14.9. The van der Waals surface area contributed by atoms with E-state index in [0.29, 0.717) is 29.5 Å². The van der Waals surface area contributed by atoms with E-state index in [1.54, 1.807) is 38.5 Å². The van der Waals surface area contributed by atoms with E-state index in [4.69, 9.17) is 14.5 Å². The fraction of sp³-hybridized carbons (Fsp3) is 0.370. The summed E-state index contributed by atoms with van der Waals surface area (Å²) in [4.78, 5) is 36.3. The van der Waals surface area contributed by atoms with E-state index in [1.807, 2.05) is 23.1 Å². The monoisotopic (exact) mass is 506 g/mol. The molecular formula is C27H30N4O4S. The highest BCUT2D eigenvalue weighted by molar-refractivity contribution is 7.16. The molecule has 36 heavy (non-hydrogen) atoms. The molecule has 0 bridgehead atoms. The van der Waals surface area contributed by atoms with Crippen molar-refractivity contribution in [3.63, 3.8) is 0 Å². The summed E-state index contributed by atoms with van der Waals surface area (Å²) in [5, 5.41) is 3.45. The zero-order valence-corrected chi connectivity index (χ0v) is 21.3. The number of amides is 2. The Labute approximate surface area is 214 Å². The van der Waals surface area contributed by atoms with Gasteiger partial charge < -0.3 is 19.3 Å². The highest BCUT2D eigenvalue weighted by atomic mass is 32.1. The molecule has 1 atom stereocenters. The number of carbonyl (C=O) groups excluding carboxylic acids is 2. The SMILES string of the molecule is COc1ccc(C(=O)Nc2nc3c(s2)CCCC3C(=O)N2CCN(c3ccccc3OC)CC2)cc1. The van der Waals surface area contributed by atoms with E-state index in [2.05, 4.69) is 16.3 Å². The van der Waals surface area contributed by atoms with E-state index in [1.165, 1.54) is 11.3 Å². The van der Waals surface area contributed by atoms with E-state index >= 15 is 0 Å². The molecule has 188 valence electrons. The third-order valence-corrected chi connectivity index (χ3v) is 7.89. The first-order valence-corrected chi connectivity index (χ1v) is 13.0. The number of nitrogens with one attached hydrogen (secondary N) is 1. The van der Waals surface area contributed by atoms with Crippen LogP contribution in [-0.4, -0.2) is 62.1 Å². The molecule has 1 N–H and O–H groups in total. The molecule has 1 fully saturated rings. The van der Waals surface area contributed by atoms with E-state index < -0.39 is 0 Å². The number of piperazine rings is 1. The molecule has 1 aliphatic carbocycles. The summed E-state index contributed by atoms with van der Waals surface area (Å²) >= 11 is 1.47. The zero-order valence-electron chi connectivity index (χ0n) is 20.5. The van der Waals surface area contributed by atoms with E-state index in [0.717, 1.165) is 54.4 Å². The molecule has 9 heteroatoms. The minimum absolute atomic E-state index is 0.133. The van der Waals surface area contributed by atoms with Gasteiger partial charge in [-0.05, 0) is 55.7 Å². The maximum Gasteiger partial charge on any atom is 0.257 e. The Bertz CT molecular complexity index is 1230. The van der Waals surface area contributed by atoms with Crippen molar-refractivity contribution in [1.29, 1.82) is 0 Å². The van der Waals surface area contributed by atoms with Crippen LogP contribution in [0.2, 0.25) is 0 Å². The average molecular weight is 507 g/mol. The number of rotatable bonds is 6. The predicted octanol–water partition coefficient (Wildman–Crippen LogP) is 4.18. The Morgan fingerprint density at radius 1 is 1.00 bits per heavy atom. The second-order valence-corrected chi connectivity index (χ2v) is 10.0. The number of ether oxygens (including phenoxy) is 2. The predicted molar refractivity (Wildman–Crippen MR) is 141 cm³/mol. The highest BCUT2D eigenvalue weighted by Crippen LogP contribution is 2.38. The fourth-order valence-electron chi connectivity index (χ4n) is 4.90. The van der Waals surface area contributed by atoms with Gasteiger partial charge >= 0.3 is 0 Å². The van der Waals surface area contributed by atoms with Crippen molar-refractivity contribution >= 4 is 34.0 Å². The number of hydrogen-bond donors (Lipinski definition) is 1. The molecule has 1 aromatic heterocycles. The van der Waals surface area contributed by atoms with Crippen LogP contribution in [0.15, 0.2) is 48.5 Å². The number of aromatic nitrogens is 1. The molecule has 0 spiro atoms. The zero-order chi connectivity index (χ0) is 25.1. The lowest BCUT2D eigenvalue weighted by Gasteiger charge is -2.38. The molecule has 5 rings (SSSR count). The van der Waals surface area contributed by atoms with Gasteiger partial charge in [0.25, 0.3) is 5.91 Å². The lowest BCUT2D eigenvalue weighted by atomic mass is 9.89. The summed E-state index contributed by atoms with van der Waals surface area (Å²) < 4.78 is 10.7. The van der Waals surface area contributed by atoms with Crippen LogP contribution in [0.25, 0.3) is 0 Å². The van der Waals surface area contributed by atoms with Crippen molar-refractivity contribution in [2.45, 2.75) is 25.2 Å². The Morgan fingerprint density at radius 3 is 2.47 bits per heavy atom. The van der Waals surface area contributed by atoms with Crippen molar-refractivity contribution in [2.75, 3.05) is 50.6 Å². The molecule has 2 aliphatic rings. The van der Waals surface area contributed by atoms with Crippen LogP contribution < -0.4 is 19.7 Å². The average Bonchev–Trinajstić information content (AvgIpc) is 3.35. The van der Waals surface area contributed by atoms with Crippen LogP contribution >= 0.6 is 11.3 Å². The quantitative estimate of drug-likeness (QED) is 0.540. The third kappa shape index (κ3) is 4.88. The lowest BCUT2D eigenvalue weighted by Crippen LogP contribution is -2.50. The number of benzene rings is 2. The second kappa shape index (κ2) is 10.6. The summed E-state index contributed by atoms with van der Waals surface area (Å²) in [5.74, 6) is 1.20. The summed E-state index contributed by atoms with van der Waals surface area (Å²) in [6.07, 6.45) is 2.61. The number of carbonyl (C=O) groups is 2. The summed E-state index contributed by atoms with van der Waals surface area (Å²) in [6.45, 7) is 2.83. The van der Waals surface area contributed by atoms with Crippen LogP contribution in [0.4, 0.5) is 10.8 Å². The van der Waals surface area contributed by atoms with Crippen LogP contribution in [0.5, 0.6) is 11.5 Å². The maximum atomic E-state index is 13.5. The smallest absolute Gasteiger partial charge is 0.257 e. The number of thiazole rings is 1. The molecule has 3 aromatic rings. The third-order valence-electron chi connectivity index (χ3n) is 6.84. The van der Waals surface area contributed by atoms with Crippen LogP contribution in [0, 0.1) is 0 Å². The van der Waals surface area contributed by atoms with E-state index in [-0.39, 0.29) is 17.7 Å². The van der Waals surface area contributed by atoms with Gasteiger partial charge in [-0.2, -0.15) is 0 Å². The fourth-order valence-corrected chi connectivity index (χ4v) is 5.96. The Morgan fingerprint density at radius 2 is 1.75 bits per heavy atom. The van der Waals surface area contributed by atoms with Gasteiger partial charge in [-0.25, -0.2) is 4.98 Å². The Hall–Kier alpha value is -3.59. The maximum absolute atomic E-state index is 13.5. The molecular weight excluding hydrogens is 476 g/mol. The molecule has 0 radical (unpaired) electrons. The number of hydrogen-bond acceptors (Lipinski definition) is 7. The lowest BCUT2D eigenvalue weighted by molar-refractivity contribution is -0.133. The number of aryl methyl sites for hydroxylation is 1. The first kappa shape index (κ1) is 24.1. The van der Waals surface area contributed by atoms with Crippen molar-refractivity contribution in [1.82, 2.24) is 9.88 Å². The standard InChI is InChI=1S/C27H30N4O4S/c1-34-19-12-10-18(11-13-19)25(32)29-27-28-24-20(6-5-9-23(24)36-27)26(33)31-16-14-30(15-17-31)21-7-3-4-8-22(21)35-2/h3-4,7-8,10-13,20H,5-6,9,14-17H2,1-2H3,(H,28,29,32). The number of anilines is 2. The minimum atomic E-state index is -0.255.